The van der Waals surface area contributed by atoms with Crippen LogP contribution in [0.5, 0.6) is 0 Å². The van der Waals surface area contributed by atoms with Crippen molar-refractivity contribution in [2.45, 2.75) is 50.1 Å². The van der Waals surface area contributed by atoms with Gasteiger partial charge in [-0.1, -0.05) is 73.3 Å². The topological polar surface area (TPSA) is 108 Å². The molecule has 0 heterocycles. The first kappa shape index (κ1) is 24.3. The molecule has 2 N–H and O–H groups in total. The average Bonchev–Trinajstić information content (AvgIpc) is 2.83. The summed E-state index contributed by atoms with van der Waals surface area (Å²) in [5.41, 5.74) is 0.115. The number of ether oxygens (including phenoxy) is 1. The highest BCUT2D eigenvalue weighted by Crippen LogP contribution is 2.27. The van der Waals surface area contributed by atoms with Crippen LogP contribution in [0.2, 0.25) is 5.02 Å². The maximum Gasteiger partial charge on any atom is 0.308 e. The zero-order valence-electron chi connectivity index (χ0n) is 18.2. The molecule has 33 heavy (non-hydrogen) atoms. The summed E-state index contributed by atoms with van der Waals surface area (Å²) in [6.45, 7) is -0.484. The lowest BCUT2D eigenvalue weighted by atomic mass is 9.83. The fourth-order valence-electron chi connectivity index (χ4n) is 3.91. The largest absolute Gasteiger partial charge is 0.456 e. The molecule has 0 spiro atoms. The fraction of sp³-hybridized carbons (Fsp3) is 0.360. The average molecular weight is 468 g/mol. The summed E-state index contributed by atoms with van der Waals surface area (Å²) in [5.74, 6) is -1.58. The van der Waals surface area contributed by atoms with Gasteiger partial charge in [-0.15, -0.1) is 0 Å². The molecule has 0 radical (unpaired) electrons. The van der Waals surface area contributed by atoms with Gasteiger partial charge in [0, 0.05) is 0 Å². The third kappa shape index (κ3) is 6.80. The number of carbonyl (C=O) groups excluding carboxylic acids is 3. The summed E-state index contributed by atoms with van der Waals surface area (Å²) in [5, 5.41) is 15.3. The molecule has 3 rings (SSSR count). The van der Waals surface area contributed by atoms with E-state index in [4.69, 9.17) is 16.3 Å². The van der Waals surface area contributed by atoms with E-state index in [-0.39, 0.29) is 6.42 Å². The van der Waals surface area contributed by atoms with E-state index in [1.165, 1.54) is 0 Å². The van der Waals surface area contributed by atoms with E-state index in [9.17, 15) is 19.6 Å². The minimum absolute atomic E-state index is 0.170. The van der Waals surface area contributed by atoms with Gasteiger partial charge in [0.15, 0.2) is 6.61 Å². The van der Waals surface area contributed by atoms with Crippen LogP contribution in [0.3, 0.4) is 0 Å². The first-order valence-electron chi connectivity index (χ1n) is 10.9. The maximum atomic E-state index is 12.7. The molecule has 0 aliphatic heterocycles. The molecular formula is C25H26ClN3O4. The molecule has 1 saturated carbocycles. The molecule has 2 amide bonds. The van der Waals surface area contributed by atoms with Crippen LogP contribution < -0.4 is 10.6 Å². The lowest BCUT2D eigenvalue weighted by Crippen LogP contribution is -2.50. The summed E-state index contributed by atoms with van der Waals surface area (Å²) in [4.78, 5) is 37.6. The number of nitrogens with one attached hydrogen (secondary N) is 2. The molecule has 1 atom stereocenters. The van der Waals surface area contributed by atoms with Gasteiger partial charge < -0.3 is 15.4 Å². The molecule has 8 heteroatoms. The number of esters is 1. The highest BCUT2D eigenvalue weighted by molar-refractivity contribution is 6.33. The Balaban J connectivity index is 1.61. The van der Waals surface area contributed by atoms with E-state index >= 15 is 0 Å². The van der Waals surface area contributed by atoms with E-state index in [0.29, 0.717) is 29.0 Å². The van der Waals surface area contributed by atoms with Gasteiger partial charge >= 0.3 is 5.97 Å². The van der Waals surface area contributed by atoms with Crippen LogP contribution >= 0.6 is 11.6 Å². The standard InChI is InChI=1S/C25H26ClN3O4/c26-20-12-6-5-11-19(20)24(32)28-21(18-9-3-1-4-10-18)15-23(31)33-16-22(30)29-25(17-27)13-7-2-8-14-25/h1,3-6,9-12,21H,2,7-8,13-16H2,(H,28,32)(H,29,30)/t21-/m0/s1. The van der Waals surface area contributed by atoms with Crippen LogP contribution in [0.25, 0.3) is 0 Å². The summed E-state index contributed by atoms with van der Waals surface area (Å²) < 4.78 is 5.16. The molecule has 1 aliphatic carbocycles. The third-order valence-corrected chi connectivity index (χ3v) is 5.99. The first-order valence-corrected chi connectivity index (χ1v) is 11.3. The molecule has 0 saturated heterocycles. The Morgan fingerprint density at radius 1 is 1.03 bits per heavy atom. The lowest BCUT2D eigenvalue weighted by Gasteiger charge is -2.31. The number of hydrogen-bond donors (Lipinski definition) is 2. The quantitative estimate of drug-likeness (QED) is 0.568. The van der Waals surface area contributed by atoms with Gasteiger partial charge in [0.25, 0.3) is 11.8 Å². The number of nitrogens with zero attached hydrogens (tertiary/aromatic N) is 1. The molecule has 0 unspecified atom stereocenters. The third-order valence-electron chi connectivity index (χ3n) is 5.66. The van der Waals surface area contributed by atoms with Crippen molar-refractivity contribution >= 4 is 29.4 Å². The lowest BCUT2D eigenvalue weighted by molar-refractivity contribution is -0.149. The molecule has 0 bridgehead atoms. The molecule has 0 aromatic heterocycles. The second-order valence-corrected chi connectivity index (χ2v) is 8.49. The van der Waals surface area contributed by atoms with Crippen LogP contribution in [0, 0.1) is 11.3 Å². The molecule has 2 aromatic carbocycles. The molecular weight excluding hydrogens is 442 g/mol. The Labute approximate surface area is 198 Å². The highest BCUT2D eigenvalue weighted by Gasteiger charge is 2.33. The molecule has 1 aliphatic rings. The number of halogens is 1. The number of carbonyl (C=O) groups is 3. The minimum Gasteiger partial charge on any atom is -0.456 e. The summed E-state index contributed by atoms with van der Waals surface area (Å²) in [7, 11) is 0. The monoisotopic (exact) mass is 467 g/mol. The van der Waals surface area contributed by atoms with Crippen molar-refractivity contribution in [1.82, 2.24) is 10.6 Å². The molecule has 2 aromatic rings. The van der Waals surface area contributed by atoms with E-state index in [1.807, 2.05) is 6.07 Å². The van der Waals surface area contributed by atoms with Crippen molar-refractivity contribution in [3.63, 3.8) is 0 Å². The maximum absolute atomic E-state index is 12.7. The fourth-order valence-corrected chi connectivity index (χ4v) is 4.14. The van der Waals surface area contributed by atoms with Crippen LogP contribution in [0.15, 0.2) is 54.6 Å². The number of nitriles is 1. The van der Waals surface area contributed by atoms with Crippen molar-refractivity contribution in [2.24, 2.45) is 0 Å². The first-order chi connectivity index (χ1) is 15.9. The Hall–Kier alpha value is -3.37. The van der Waals surface area contributed by atoms with Crippen molar-refractivity contribution in [3.05, 3.63) is 70.7 Å². The van der Waals surface area contributed by atoms with Crippen molar-refractivity contribution < 1.29 is 19.1 Å². The van der Waals surface area contributed by atoms with E-state index in [1.54, 1.807) is 48.5 Å². The van der Waals surface area contributed by atoms with Gasteiger partial charge in [0.05, 0.1) is 29.1 Å². The normalized spacial score (nSPS) is 15.5. The van der Waals surface area contributed by atoms with E-state index in [0.717, 1.165) is 19.3 Å². The number of rotatable bonds is 8. The SMILES string of the molecule is N#CC1(NC(=O)COC(=O)C[C@H](NC(=O)c2ccccc2Cl)c2ccccc2)CCCCC1. The van der Waals surface area contributed by atoms with Gasteiger partial charge in [0.2, 0.25) is 0 Å². The Morgan fingerprint density at radius 2 is 1.70 bits per heavy atom. The van der Waals surface area contributed by atoms with Crippen LogP contribution in [-0.4, -0.2) is 29.9 Å². The highest BCUT2D eigenvalue weighted by atomic mass is 35.5. The molecule has 1 fully saturated rings. The predicted octanol–water partition coefficient (Wildman–Crippen LogP) is 4.09. The summed E-state index contributed by atoms with van der Waals surface area (Å²) >= 11 is 6.12. The van der Waals surface area contributed by atoms with Crippen LogP contribution in [0.1, 0.15) is 60.5 Å². The minimum atomic E-state index is -0.892. The van der Waals surface area contributed by atoms with Gasteiger partial charge in [-0.3, -0.25) is 14.4 Å². The molecule has 7 nitrogen and oxygen atoms in total. The zero-order chi connectivity index (χ0) is 23.7. The van der Waals surface area contributed by atoms with Gasteiger partial charge in [-0.05, 0) is 30.5 Å². The van der Waals surface area contributed by atoms with Gasteiger partial charge in [-0.25, -0.2) is 0 Å². The Bertz CT molecular complexity index is 1030. The van der Waals surface area contributed by atoms with Crippen LogP contribution in [-0.2, 0) is 14.3 Å². The van der Waals surface area contributed by atoms with Crippen molar-refractivity contribution in [1.29, 1.82) is 5.26 Å². The summed E-state index contributed by atoms with van der Waals surface area (Å²) in [6, 6.07) is 17.2. The smallest absolute Gasteiger partial charge is 0.308 e. The second kappa shape index (κ2) is 11.5. The number of hydrogen-bond acceptors (Lipinski definition) is 5. The number of benzene rings is 2. The summed E-state index contributed by atoms with van der Waals surface area (Å²) in [6.07, 6.45) is 3.79. The zero-order valence-corrected chi connectivity index (χ0v) is 18.9. The van der Waals surface area contributed by atoms with Crippen molar-refractivity contribution in [3.8, 4) is 6.07 Å². The second-order valence-electron chi connectivity index (χ2n) is 8.08. The Morgan fingerprint density at radius 3 is 2.36 bits per heavy atom. The predicted molar refractivity (Wildman–Crippen MR) is 123 cm³/mol. The van der Waals surface area contributed by atoms with Crippen LogP contribution in [0.4, 0.5) is 0 Å². The van der Waals surface area contributed by atoms with E-state index < -0.39 is 36.0 Å². The van der Waals surface area contributed by atoms with Gasteiger partial charge in [0.1, 0.15) is 5.54 Å². The van der Waals surface area contributed by atoms with Crippen molar-refractivity contribution in [2.75, 3.05) is 6.61 Å². The van der Waals surface area contributed by atoms with E-state index in [2.05, 4.69) is 16.7 Å². The van der Waals surface area contributed by atoms with Gasteiger partial charge in [-0.2, -0.15) is 5.26 Å². The number of amides is 2. The molecule has 172 valence electrons. The Kier molecular flexibility index (Phi) is 8.45.